The van der Waals surface area contributed by atoms with Crippen LogP contribution in [0.5, 0.6) is 0 Å². The first-order chi connectivity index (χ1) is 7.66. The van der Waals surface area contributed by atoms with Crippen molar-refractivity contribution in [2.24, 2.45) is 5.92 Å². The second-order valence-corrected chi connectivity index (χ2v) is 4.73. The molecule has 88 valence electrons. The Kier molecular flexibility index (Phi) is 3.34. The Hall–Kier alpha value is -1.22. The van der Waals surface area contributed by atoms with Crippen LogP contribution in [-0.4, -0.2) is 17.8 Å². The molecule has 0 aromatic heterocycles. The molecule has 0 heterocycles. The molecule has 1 aromatic rings. The van der Waals surface area contributed by atoms with E-state index in [1.807, 2.05) is 19.1 Å². The largest absolute Gasteiger partial charge is 0.398 e. The van der Waals surface area contributed by atoms with Gasteiger partial charge in [0, 0.05) is 17.9 Å². The highest BCUT2D eigenvalue weighted by Crippen LogP contribution is 2.27. The van der Waals surface area contributed by atoms with Gasteiger partial charge in [-0.3, -0.25) is 0 Å². The van der Waals surface area contributed by atoms with Gasteiger partial charge in [-0.1, -0.05) is 6.07 Å². The van der Waals surface area contributed by atoms with Crippen molar-refractivity contribution < 1.29 is 5.11 Å². The lowest BCUT2D eigenvalue weighted by Crippen LogP contribution is -2.13. The molecule has 0 radical (unpaired) electrons. The summed E-state index contributed by atoms with van der Waals surface area (Å²) in [5, 5.41) is 12.9. The fourth-order valence-electron chi connectivity index (χ4n) is 2.33. The lowest BCUT2D eigenvalue weighted by molar-refractivity contribution is 0.178. The fourth-order valence-corrected chi connectivity index (χ4v) is 2.33. The molecule has 16 heavy (non-hydrogen) atoms. The maximum atomic E-state index is 9.45. The van der Waals surface area contributed by atoms with E-state index in [4.69, 9.17) is 5.73 Å². The van der Waals surface area contributed by atoms with E-state index in [0.29, 0.717) is 5.92 Å². The first kappa shape index (κ1) is 11.3. The SMILES string of the molecule is Cc1c(N)cccc1NCC1CCC(O)C1. The van der Waals surface area contributed by atoms with E-state index >= 15 is 0 Å². The Morgan fingerprint density at radius 2 is 2.25 bits per heavy atom. The van der Waals surface area contributed by atoms with Crippen LogP contribution in [-0.2, 0) is 0 Å². The minimum Gasteiger partial charge on any atom is -0.398 e. The molecule has 1 aromatic carbocycles. The minimum atomic E-state index is -0.0891. The van der Waals surface area contributed by atoms with Crippen LogP contribution in [0.3, 0.4) is 0 Å². The molecule has 3 nitrogen and oxygen atoms in total. The van der Waals surface area contributed by atoms with Crippen LogP contribution < -0.4 is 11.1 Å². The normalized spacial score (nSPS) is 24.6. The summed E-state index contributed by atoms with van der Waals surface area (Å²) in [7, 11) is 0. The number of benzene rings is 1. The molecule has 2 atom stereocenters. The number of aliphatic hydroxyl groups is 1. The van der Waals surface area contributed by atoms with Crippen molar-refractivity contribution in [2.45, 2.75) is 32.3 Å². The van der Waals surface area contributed by atoms with Crippen LogP contribution in [0.25, 0.3) is 0 Å². The van der Waals surface area contributed by atoms with Crippen molar-refractivity contribution >= 4 is 11.4 Å². The molecule has 1 aliphatic rings. The fraction of sp³-hybridized carbons (Fsp3) is 0.538. The maximum Gasteiger partial charge on any atom is 0.0543 e. The van der Waals surface area contributed by atoms with Gasteiger partial charge in [0.25, 0.3) is 0 Å². The summed E-state index contributed by atoms with van der Waals surface area (Å²) in [6, 6.07) is 5.94. The second kappa shape index (κ2) is 4.74. The van der Waals surface area contributed by atoms with Crippen molar-refractivity contribution in [3.05, 3.63) is 23.8 Å². The number of aliphatic hydroxyl groups excluding tert-OH is 1. The average molecular weight is 220 g/mol. The summed E-state index contributed by atoms with van der Waals surface area (Å²) in [5.41, 5.74) is 8.90. The Balaban J connectivity index is 1.92. The number of hydrogen-bond acceptors (Lipinski definition) is 3. The number of nitrogen functional groups attached to an aromatic ring is 1. The van der Waals surface area contributed by atoms with Crippen LogP contribution in [0.1, 0.15) is 24.8 Å². The minimum absolute atomic E-state index is 0.0891. The van der Waals surface area contributed by atoms with Gasteiger partial charge >= 0.3 is 0 Å². The molecule has 2 rings (SSSR count). The molecule has 0 aliphatic heterocycles. The van der Waals surface area contributed by atoms with Gasteiger partial charge in [-0.05, 0) is 49.8 Å². The van der Waals surface area contributed by atoms with Gasteiger partial charge in [0.2, 0.25) is 0 Å². The highest BCUT2D eigenvalue weighted by atomic mass is 16.3. The smallest absolute Gasteiger partial charge is 0.0543 e. The van der Waals surface area contributed by atoms with Crippen LogP contribution in [0.2, 0.25) is 0 Å². The number of rotatable bonds is 3. The Morgan fingerprint density at radius 3 is 2.94 bits per heavy atom. The zero-order valence-electron chi connectivity index (χ0n) is 9.74. The van der Waals surface area contributed by atoms with E-state index < -0.39 is 0 Å². The van der Waals surface area contributed by atoms with Gasteiger partial charge < -0.3 is 16.2 Å². The van der Waals surface area contributed by atoms with E-state index in [2.05, 4.69) is 11.4 Å². The van der Waals surface area contributed by atoms with Gasteiger partial charge in [0.05, 0.1) is 6.10 Å². The van der Waals surface area contributed by atoms with Crippen molar-refractivity contribution in [1.29, 1.82) is 0 Å². The van der Waals surface area contributed by atoms with Crippen molar-refractivity contribution in [2.75, 3.05) is 17.6 Å². The summed E-state index contributed by atoms with van der Waals surface area (Å²) < 4.78 is 0. The van der Waals surface area contributed by atoms with E-state index in [-0.39, 0.29) is 6.10 Å². The van der Waals surface area contributed by atoms with Crippen molar-refractivity contribution in [3.8, 4) is 0 Å². The third kappa shape index (κ3) is 2.47. The molecule has 2 unspecified atom stereocenters. The van der Waals surface area contributed by atoms with Crippen molar-refractivity contribution in [3.63, 3.8) is 0 Å². The third-order valence-electron chi connectivity index (χ3n) is 3.47. The Bertz CT molecular complexity index is 365. The first-order valence-electron chi connectivity index (χ1n) is 5.94. The zero-order valence-corrected chi connectivity index (χ0v) is 9.74. The summed E-state index contributed by atoms with van der Waals surface area (Å²) in [6.45, 7) is 2.96. The average Bonchev–Trinajstić information content (AvgIpc) is 2.67. The van der Waals surface area contributed by atoms with E-state index in [1.54, 1.807) is 0 Å². The molecule has 1 aliphatic carbocycles. The monoisotopic (exact) mass is 220 g/mol. The van der Waals surface area contributed by atoms with Crippen LogP contribution in [0.15, 0.2) is 18.2 Å². The van der Waals surface area contributed by atoms with E-state index in [9.17, 15) is 5.11 Å². The molecular formula is C13H20N2O. The van der Waals surface area contributed by atoms with Gasteiger partial charge in [0.15, 0.2) is 0 Å². The number of anilines is 2. The molecule has 1 fully saturated rings. The van der Waals surface area contributed by atoms with Crippen LogP contribution in [0, 0.1) is 12.8 Å². The highest BCUT2D eigenvalue weighted by Gasteiger charge is 2.22. The van der Waals surface area contributed by atoms with Crippen LogP contribution >= 0.6 is 0 Å². The summed E-state index contributed by atoms with van der Waals surface area (Å²) in [6.07, 6.45) is 2.90. The standard InChI is InChI=1S/C13H20N2O/c1-9-12(14)3-2-4-13(9)15-8-10-5-6-11(16)7-10/h2-4,10-11,15-16H,5-8,14H2,1H3. The number of nitrogens with one attached hydrogen (secondary N) is 1. The molecule has 0 bridgehead atoms. The molecular weight excluding hydrogens is 200 g/mol. The van der Waals surface area contributed by atoms with E-state index in [0.717, 1.165) is 42.7 Å². The van der Waals surface area contributed by atoms with Gasteiger partial charge in [-0.15, -0.1) is 0 Å². The molecule has 0 amide bonds. The second-order valence-electron chi connectivity index (χ2n) is 4.73. The molecule has 1 saturated carbocycles. The molecule has 0 spiro atoms. The van der Waals surface area contributed by atoms with Gasteiger partial charge in [-0.2, -0.15) is 0 Å². The molecule has 0 saturated heterocycles. The summed E-state index contributed by atoms with van der Waals surface area (Å²) in [4.78, 5) is 0. The Labute approximate surface area is 96.7 Å². The van der Waals surface area contributed by atoms with E-state index in [1.165, 1.54) is 0 Å². The lowest BCUT2D eigenvalue weighted by atomic mass is 10.1. The molecule has 3 heteroatoms. The number of nitrogens with two attached hydrogens (primary N) is 1. The first-order valence-corrected chi connectivity index (χ1v) is 5.94. The van der Waals surface area contributed by atoms with Crippen LogP contribution in [0.4, 0.5) is 11.4 Å². The topological polar surface area (TPSA) is 58.3 Å². The van der Waals surface area contributed by atoms with Gasteiger partial charge in [0.1, 0.15) is 0 Å². The predicted molar refractivity (Wildman–Crippen MR) is 67.4 cm³/mol. The Morgan fingerprint density at radius 1 is 1.44 bits per heavy atom. The van der Waals surface area contributed by atoms with Gasteiger partial charge in [-0.25, -0.2) is 0 Å². The maximum absolute atomic E-state index is 9.45. The third-order valence-corrected chi connectivity index (χ3v) is 3.47. The summed E-state index contributed by atoms with van der Waals surface area (Å²) >= 11 is 0. The highest BCUT2D eigenvalue weighted by molar-refractivity contribution is 5.62. The quantitative estimate of drug-likeness (QED) is 0.684. The lowest BCUT2D eigenvalue weighted by Gasteiger charge is -2.14. The molecule has 4 N–H and O–H groups in total. The van der Waals surface area contributed by atoms with Crippen molar-refractivity contribution in [1.82, 2.24) is 0 Å². The predicted octanol–water partition coefficient (Wildman–Crippen LogP) is 2.15. The zero-order chi connectivity index (χ0) is 11.5. The number of hydrogen-bond donors (Lipinski definition) is 3. The summed E-state index contributed by atoms with van der Waals surface area (Å²) in [5.74, 6) is 0.593.